The quantitative estimate of drug-likeness (QED) is 0.201. The summed E-state index contributed by atoms with van der Waals surface area (Å²) in [6.45, 7) is 0. The Labute approximate surface area is 134 Å². The SMILES string of the molecule is C#CC#CC#CNC(=O)[C@@H](O)[C@H](O)[C@@H](O)[C@@H](O)C(=O)O.C[NH3+].[HH].[HH].[HH].[HH].[HH]. The predicted octanol–water partition coefficient (Wildman–Crippen LogP) is -3.68. The number of hydrogen-bond acceptors (Lipinski definition) is 6. The van der Waals surface area contributed by atoms with Crippen LogP contribution in [0.1, 0.15) is 7.13 Å². The summed E-state index contributed by atoms with van der Waals surface area (Å²) in [6, 6.07) is 2.00. The van der Waals surface area contributed by atoms with Crippen LogP contribution < -0.4 is 11.1 Å². The Hall–Kier alpha value is -2.58. The van der Waals surface area contributed by atoms with Crippen molar-refractivity contribution >= 4 is 11.9 Å². The van der Waals surface area contributed by atoms with Gasteiger partial charge in [-0.1, -0.05) is 0 Å². The Morgan fingerprint density at radius 3 is 2.00 bits per heavy atom. The molecule has 0 aliphatic carbocycles. The van der Waals surface area contributed by atoms with Crippen molar-refractivity contribution in [2.75, 3.05) is 7.05 Å². The molecular formula is C13H27N2O7+. The van der Waals surface area contributed by atoms with E-state index < -0.39 is 36.3 Å². The van der Waals surface area contributed by atoms with Crippen LogP contribution in [0, 0.1) is 36.1 Å². The fraction of sp³-hybridized carbons (Fsp3) is 0.385. The van der Waals surface area contributed by atoms with Crippen molar-refractivity contribution in [1.82, 2.24) is 5.32 Å². The molecule has 0 saturated carbocycles. The van der Waals surface area contributed by atoms with Gasteiger partial charge in [0.25, 0.3) is 5.91 Å². The lowest BCUT2D eigenvalue weighted by Crippen LogP contribution is -2.52. The second-order valence-corrected chi connectivity index (χ2v) is 3.34. The topological polar surface area (TPSA) is 175 Å². The van der Waals surface area contributed by atoms with Gasteiger partial charge in [0.05, 0.1) is 7.05 Å². The first-order chi connectivity index (χ1) is 10.3. The molecule has 9 nitrogen and oxygen atoms in total. The molecule has 0 aliphatic heterocycles. The number of hydrogen-bond donors (Lipinski definition) is 7. The third-order valence-electron chi connectivity index (χ3n) is 1.96. The van der Waals surface area contributed by atoms with Gasteiger partial charge >= 0.3 is 5.97 Å². The molecule has 0 aromatic carbocycles. The Morgan fingerprint density at radius 1 is 1.05 bits per heavy atom. The van der Waals surface area contributed by atoms with E-state index in [4.69, 9.17) is 16.6 Å². The van der Waals surface area contributed by atoms with E-state index in [2.05, 4.69) is 23.5 Å². The maximum atomic E-state index is 11.3. The number of carbonyl (C=O) groups excluding carboxylic acids is 1. The van der Waals surface area contributed by atoms with Gasteiger partial charge in [-0.05, 0) is 11.8 Å². The van der Waals surface area contributed by atoms with Crippen molar-refractivity contribution in [3.05, 3.63) is 0 Å². The number of quaternary nitrogens is 1. The average Bonchev–Trinajstić information content (AvgIpc) is 2.53. The molecule has 0 aliphatic rings. The number of aliphatic hydroxyl groups excluding tert-OH is 4. The number of aliphatic carboxylic acids is 1. The first-order valence-electron chi connectivity index (χ1n) is 5.74. The van der Waals surface area contributed by atoms with E-state index in [0.29, 0.717) is 0 Å². The molecule has 0 saturated heterocycles. The largest absolute Gasteiger partial charge is 0.479 e. The van der Waals surface area contributed by atoms with E-state index in [1.54, 1.807) is 7.05 Å². The summed E-state index contributed by atoms with van der Waals surface area (Å²) in [5.41, 5.74) is 3.25. The predicted molar refractivity (Wildman–Crippen MR) is 83.6 cm³/mol. The van der Waals surface area contributed by atoms with Crippen LogP contribution in [0.15, 0.2) is 0 Å². The Kier molecular flexibility index (Phi) is 12.0. The van der Waals surface area contributed by atoms with E-state index in [-0.39, 0.29) is 7.13 Å². The lowest BCUT2D eigenvalue weighted by molar-refractivity contribution is -0.325. The van der Waals surface area contributed by atoms with Gasteiger partial charge in [-0.2, -0.15) is 0 Å². The maximum absolute atomic E-state index is 11.3. The van der Waals surface area contributed by atoms with Crippen LogP contribution in [0.2, 0.25) is 0 Å². The zero-order valence-corrected chi connectivity index (χ0v) is 11.6. The molecule has 4 atom stereocenters. The molecule has 1 amide bonds. The molecule has 22 heavy (non-hydrogen) atoms. The molecule has 9 heteroatoms. The van der Waals surface area contributed by atoms with Crippen LogP contribution in [0.3, 0.4) is 0 Å². The molecule has 0 heterocycles. The van der Waals surface area contributed by atoms with Crippen LogP contribution in [0.4, 0.5) is 0 Å². The standard InChI is InChI=1S/C12H11NO7.CH5N.5H2/c1-2-3-4-5-6-13-11(18)9(16)7(14)8(15)10(17)12(19)20;1-2;;;;;/h1,7-10,14-17H,(H,13,18)(H,19,20);2H2,1H3;5*1H/p+1/t7-,8-,9+,10-;;;;;;/m1....../s1. The summed E-state index contributed by atoms with van der Waals surface area (Å²) < 4.78 is 0. The van der Waals surface area contributed by atoms with Crippen LogP contribution in [0.5, 0.6) is 0 Å². The van der Waals surface area contributed by atoms with E-state index >= 15 is 0 Å². The maximum Gasteiger partial charge on any atom is 0.335 e. The number of nitrogens with one attached hydrogen (secondary N) is 1. The van der Waals surface area contributed by atoms with Crippen LogP contribution in [-0.2, 0) is 9.59 Å². The van der Waals surface area contributed by atoms with Crippen molar-refractivity contribution < 1.29 is 48.0 Å². The van der Waals surface area contributed by atoms with Crippen LogP contribution in [0.25, 0.3) is 0 Å². The number of carboxylic acids is 1. The highest BCUT2D eigenvalue weighted by molar-refractivity contribution is 5.83. The van der Waals surface area contributed by atoms with E-state index in [1.807, 2.05) is 17.3 Å². The summed E-state index contributed by atoms with van der Waals surface area (Å²) in [6.07, 6.45) is -4.25. The minimum atomic E-state index is -2.36. The summed E-state index contributed by atoms with van der Waals surface area (Å²) >= 11 is 0. The third-order valence-corrected chi connectivity index (χ3v) is 1.96. The minimum absolute atomic E-state index is 0. The number of terminal acetylenes is 1. The molecule has 0 rings (SSSR count). The Morgan fingerprint density at radius 2 is 1.55 bits per heavy atom. The van der Waals surface area contributed by atoms with Gasteiger partial charge in [0.15, 0.2) is 12.2 Å². The third kappa shape index (κ3) is 7.88. The zero-order valence-electron chi connectivity index (χ0n) is 11.6. The normalized spacial score (nSPS) is 13.9. The van der Waals surface area contributed by atoms with Gasteiger partial charge in [-0.25, -0.2) is 4.79 Å². The molecule has 0 aromatic rings. The first-order valence-corrected chi connectivity index (χ1v) is 5.74. The molecule has 0 aromatic heterocycles. The lowest BCUT2D eigenvalue weighted by atomic mass is 10.0. The molecule has 130 valence electrons. The monoisotopic (exact) mass is 323 g/mol. The molecule has 0 radical (unpaired) electrons. The zero-order chi connectivity index (χ0) is 17.7. The van der Waals surface area contributed by atoms with Gasteiger partial charge in [-0.15, -0.1) is 6.42 Å². The number of carbonyl (C=O) groups is 2. The summed E-state index contributed by atoms with van der Waals surface area (Å²) in [5, 5.41) is 47.0. The van der Waals surface area contributed by atoms with Gasteiger partial charge in [-0.3, -0.25) is 10.1 Å². The highest BCUT2D eigenvalue weighted by Gasteiger charge is 2.37. The van der Waals surface area contributed by atoms with E-state index in [0.717, 1.165) is 0 Å². The van der Waals surface area contributed by atoms with Crippen LogP contribution in [-0.4, -0.2) is 68.9 Å². The fourth-order valence-electron chi connectivity index (χ4n) is 0.940. The lowest BCUT2D eigenvalue weighted by Gasteiger charge is -2.23. The van der Waals surface area contributed by atoms with Crippen molar-refractivity contribution in [2.45, 2.75) is 24.4 Å². The molecular weight excluding hydrogens is 296 g/mol. The van der Waals surface area contributed by atoms with Crippen LogP contribution >= 0.6 is 0 Å². The van der Waals surface area contributed by atoms with Crippen molar-refractivity contribution in [3.63, 3.8) is 0 Å². The summed E-state index contributed by atoms with van der Waals surface area (Å²) in [5.74, 6) is 5.27. The van der Waals surface area contributed by atoms with E-state index in [1.165, 1.54) is 0 Å². The molecule has 0 bridgehead atoms. The van der Waals surface area contributed by atoms with Gasteiger partial charge in [0.2, 0.25) is 0 Å². The number of rotatable bonds is 5. The van der Waals surface area contributed by atoms with Gasteiger partial charge in [0.1, 0.15) is 12.2 Å². The number of aliphatic hydroxyl groups is 4. The highest BCUT2D eigenvalue weighted by Crippen LogP contribution is 2.05. The number of amides is 1. The molecule has 0 unspecified atom stereocenters. The Bertz CT molecular complexity index is 551. The first kappa shape index (κ1) is 21.7. The minimum Gasteiger partial charge on any atom is -0.479 e. The van der Waals surface area contributed by atoms with Gasteiger partial charge < -0.3 is 31.3 Å². The molecule has 0 fully saturated rings. The molecule has 0 spiro atoms. The number of carboxylic acid groups (broad SMARTS) is 1. The smallest absolute Gasteiger partial charge is 0.335 e. The second-order valence-electron chi connectivity index (χ2n) is 3.34. The summed E-state index contributed by atoms with van der Waals surface area (Å²) in [7, 11) is 1.75. The Balaban J connectivity index is -0.000000110. The van der Waals surface area contributed by atoms with E-state index in [9.17, 15) is 24.9 Å². The molecule has 9 N–H and O–H groups in total. The van der Waals surface area contributed by atoms with Crippen molar-refractivity contribution in [3.8, 4) is 36.1 Å². The summed E-state index contributed by atoms with van der Waals surface area (Å²) in [4.78, 5) is 21.6. The fourth-order valence-corrected chi connectivity index (χ4v) is 0.940. The van der Waals surface area contributed by atoms with Gasteiger partial charge in [0, 0.05) is 25.0 Å². The average molecular weight is 323 g/mol. The van der Waals surface area contributed by atoms with Crippen molar-refractivity contribution in [1.29, 1.82) is 0 Å². The second kappa shape index (κ2) is 12.2. The highest BCUT2D eigenvalue weighted by atomic mass is 16.4. The van der Waals surface area contributed by atoms with Crippen molar-refractivity contribution in [2.24, 2.45) is 0 Å².